The Bertz CT molecular complexity index is 4500. The number of aromatic nitrogens is 4. The Hall–Kier alpha value is -7.76. The van der Waals surface area contributed by atoms with Gasteiger partial charge in [0.1, 0.15) is 84.2 Å². The summed E-state index contributed by atoms with van der Waals surface area (Å²) in [7, 11) is 22.1. The van der Waals surface area contributed by atoms with Gasteiger partial charge in [0.05, 0.1) is 16.7 Å². The fraction of sp³-hybridized carbons (Fsp3) is 0. The summed E-state index contributed by atoms with van der Waals surface area (Å²) >= 11 is 0. The molecule has 0 amide bonds. The third-order valence-corrected chi connectivity index (χ3v) is 16.9. The number of nitrogens with zero attached hydrogens (tertiary/aromatic N) is 4. The van der Waals surface area contributed by atoms with Gasteiger partial charge in [0, 0.05) is 32.8 Å². The molecule has 2 aromatic heterocycles. The first kappa shape index (κ1) is 44.2. The van der Waals surface area contributed by atoms with Gasteiger partial charge in [0.2, 0.25) is 0 Å². The van der Waals surface area contributed by atoms with Crippen molar-refractivity contribution >= 4 is 220 Å². The van der Waals surface area contributed by atoms with E-state index in [2.05, 4.69) is 216 Å². The SMILES string of the molecule is Bc1c(-c2nc(-c3ccccc3)nc(-c3cc4c5ccccc5c5ccccc5c4cc3-n3c4ccccc4c4ccccc43)n2)c(B)c2c(c1B)c1c(B)c(B)c(B)c(B)c1c1c(O)c(B)c(B)c(B)c21. The summed E-state index contributed by atoms with van der Waals surface area (Å²) in [5.41, 5.74) is 17.6. The first-order valence-electron chi connectivity index (χ1n) is 25.1. The number of fused-ring (bicyclic) bond motifs is 15. The Labute approximate surface area is 427 Å². The summed E-state index contributed by atoms with van der Waals surface area (Å²) in [4.78, 5) is 16.8. The average Bonchev–Trinajstić information content (AvgIpc) is 3.75. The number of phenols is 1. The predicted octanol–water partition coefficient (Wildman–Crippen LogP) is -2.82. The summed E-state index contributed by atoms with van der Waals surface area (Å²) in [6, 6.07) is 50.0. The van der Waals surface area contributed by atoms with Crippen LogP contribution in [0.2, 0.25) is 0 Å². The van der Waals surface area contributed by atoms with Gasteiger partial charge in [-0.1, -0.05) is 159 Å². The maximum Gasteiger partial charge on any atom is 0.166 e. The molecule has 0 aliphatic rings. The lowest BCUT2D eigenvalue weighted by Crippen LogP contribution is -2.49. The van der Waals surface area contributed by atoms with Gasteiger partial charge in [0.15, 0.2) is 17.5 Å². The minimum absolute atomic E-state index is 0.355. The second-order valence-corrected chi connectivity index (χ2v) is 20.3. The first-order valence-corrected chi connectivity index (χ1v) is 25.1. The van der Waals surface area contributed by atoms with Crippen LogP contribution in [0.1, 0.15) is 0 Å². The zero-order chi connectivity index (χ0) is 49.6. The summed E-state index contributed by atoms with van der Waals surface area (Å²) < 4.78 is 2.41. The second kappa shape index (κ2) is 16.1. The van der Waals surface area contributed by atoms with Crippen LogP contribution in [0.4, 0.5) is 0 Å². The molecule has 0 unspecified atom stereocenters. The van der Waals surface area contributed by atoms with Crippen molar-refractivity contribution < 1.29 is 5.11 Å². The van der Waals surface area contributed by atoms with Crippen molar-refractivity contribution in [3.8, 4) is 45.6 Å². The molecule has 0 saturated carbocycles. The van der Waals surface area contributed by atoms with E-state index < -0.39 is 0 Å². The van der Waals surface area contributed by atoms with Crippen LogP contribution in [-0.4, -0.2) is 103 Å². The predicted molar refractivity (Wildman–Crippen MR) is 339 cm³/mol. The fourth-order valence-corrected chi connectivity index (χ4v) is 12.6. The van der Waals surface area contributed by atoms with E-state index in [9.17, 15) is 5.11 Å². The number of hydrogen-bond donors (Lipinski definition) is 1. The molecule has 0 fully saturated rings. The molecule has 0 bridgehead atoms. The van der Waals surface area contributed by atoms with Crippen molar-refractivity contribution in [3.05, 3.63) is 140 Å². The molecule has 0 spiro atoms. The summed E-state index contributed by atoms with van der Waals surface area (Å²) in [6.45, 7) is 0. The Morgan fingerprint density at radius 3 is 1.25 bits per heavy atom. The Balaban J connectivity index is 1.22. The topological polar surface area (TPSA) is 63.8 Å². The molecule has 0 aliphatic carbocycles. The van der Waals surface area contributed by atoms with Crippen molar-refractivity contribution in [2.75, 3.05) is 0 Å². The van der Waals surface area contributed by atoms with Crippen LogP contribution in [0.15, 0.2) is 140 Å². The van der Waals surface area contributed by atoms with E-state index in [1.165, 1.54) is 81.3 Å². The molecule has 0 atom stereocenters. The van der Waals surface area contributed by atoms with E-state index in [4.69, 9.17) is 15.0 Å². The van der Waals surface area contributed by atoms with Crippen LogP contribution in [0.5, 0.6) is 5.75 Å². The lowest BCUT2D eigenvalue weighted by Gasteiger charge is -2.27. The number of phenolic OH excluding ortho intramolecular Hbond substituents is 1. The van der Waals surface area contributed by atoms with Gasteiger partial charge in [-0.3, -0.25) is 0 Å². The third-order valence-electron chi connectivity index (χ3n) is 16.9. The standard InChI is InChI=1S/C57H44B10N4O/c58-44-37-38(39-41(47(61)51(65)50(64)46(39)60)42-40(37)48(62)52(66)53(67)54(42)72)45(59)49(63)43(44)57-69-55(24-12-2-1-3-13-24)68-56(70-57)33-22-31-27-16-6-4-14-25(27)26-15-5-7-17-28(26)32(31)23-36(33)71-34-20-10-8-18-29(34)30-19-9-11-21-35(30)71/h1-23,72H,58-67H2. The van der Waals surface area contributed by atoms with Gasteiger partial charge < -0.3 is 9.67 Å². The normalized spacial score (nSPS) is 11.9. The zero-order valence-corrected chi connectivity index (χ0v) is 42.5. The average molecular weight is 909 g/mol. The molecule has 0 aliphatic heterocycles. The van der Waals surface area contributed by atoms with Crippen LogP contribution in [0, 0.1) is 0 Å². The van der Waals surface area contributed by atoms with E-state index in [0.29, 0.717) is 23.2 Å². The fourth-order valence-electron chi connectivity index (χ4n) is 12.6. The second-order valence-electron chi connectivity index (χ2n) is 20.3. The highest BCUT2D eigenvalue weighted by Crippen LogP contribution is 2.43. The number of hydrogen-bond acceptors (Lipinski definition) is 4. The highest BCUT2D eigenvalue weighted by atomic mass is 16.3. The lowest BCUT2D eigenvalue weighted by atomic mass is 9.60. The third kappa shape index (κ3) is 6.06. The lowest BCUT2D eigenvalue weighted by molar-refractivity contribution is 0.486. The van der Waals surface area contributed by atoms with Crippen molar-refractivity contribution in [3.63, 3.8) is 0 Å². The maximum atomic E-state index is 12.4. The molecule has 5 nitrogen and oxygen atoms in total. The summed E-state index contributed by atoms with van der Waals surface area (Å²) in [5, 5.41) is 28.6. The van der Waals surface area contributed by atoms with Gasteiger partial charge in [-0.05, 0) is 83.5 Å². The van der Waals surface area contributed by atoms with Crippen LogP contribution in [-0.2, 0) is 0 Å². The number of rotatable bonds is 4. The molecule has 11 aromatic carbocycles. The number of para-hydroxylation sites is 2. The molecule has 72 heavy (non-hydrogen) atoms. The van der Waals surface area contributed by atoms with E-state index in [1.807, 2.05) is 6.07 Å². The number of aromatic hydroxyl groups is 1. The largest absolute Gasteiger partial charge is 0.508 e. The zero-order valence-electron chi connectivity index (χ0n) is 42.5. The molecule has 2 heterocycles. The van der Waals surface area contributed by atoms with E-state index in [-0.39, 0.29) is 0 Å². The molecule has 13 rings (SSSR count). The molecular formula is C57H44B10N4O. The number of benzene rings is 11. The van der Waals surface area contributed by atoms with Gasteiger partial charge in [0.25, 0.3) is 0 Å². The highest BCUT2D eigenvalue weighted by molar-refractivity contribution is 6.73. The molecule has 13 aromatic rings. The monoisotopic (exact) mass is 910 g/mol. The van der Waals surface area contributed by atoms with Gasteiger partial charge in [-0.25, -0.2) is 15.0 Å². The van der Waals surface area contributed by atoms with Crippen molar-refractivity contribution in [2.45, 2.75) is 0 Å². The smallest absolute Gasteiger partial charge is 0.166 e. The van der Waals surface area contributed by atoms with Gasteiger partial charge in [-0.15, -0.1) is 10.9 Å². The quantitative estimate of drug-likeness (QED) is 0.153. The van der Waals surface area contributed by atoms with Crippen LogP contribution in [0.25, 0.3) is 126 Å². The molecular weight excluding hydrogens is 865 g/mol. The minimum atomic E-state index is 0.355. The van der Waals surface area contributed by atoms with E-state index in [0.717, 1.165) is 82.2 Å². The van der Waals surface area contributed by atoms with Crippen molar-refractivity contribution in [1.82, 2.24) is 19.5 Å². The Morgan fingerprint density at radius 1 is 0.319 bits per heavy atom. The summed E-state index contributed by atoms with van der Waals surface area (Å²) in [6.07, 6.45) is 0. The van der Waals surface area contributed by atoms with Crippen LogP contribution in [0.3, 0.4) is 0 Å². The minimum Gasteiger partial charge on any atom is -0.508 e. The van der Waals surface area contributed by atoms with E-state index in [1.54, 1.807) is 0 Å². The van der Waals surface area contributed by atoms with Gasteiger partial charge in [-0.2, -0.15) is 0 Å². The molecule has 0 radical (unpaired) electrons. The highest BCUT2D eigenvalue weighted by Gasteiger charge is 2.28. The Morgan fingerprint density at radius 2 is 0.708 bits per heavy atom. The van der Waals surface area contributed by atoms with Crippen LogP contribution < -0.4 is 54.6 Å². The molecule has 15 heteroatoms. The van der Waals surface area contributed by atoms with Crippen molar-refractivity contribution in [1.29, 1.82) is 0 Å². The van der Waals surface area contributed by atoms with Crippen molar-refractivity contribution in [2.24, 2.45) is 0 Å². The Kier molecular flexibility index (Phi) is 9.90. The summed E-state index contributed by atoms with van der Waals surface area (Å²) in [5.74, 6) is 2.16. The van der Waals surface area contributed by atoms with Crippen LogP contribution >= 0.6 is 0 Å². The molecule has 328 valence electrons. The first-order chi connectivity index (χ1) is 34.8. The molecule has 1 N–H and O–H groups in total. The maximum absolute atomic E-state index is 12.4. The van der Waals surface area contributed by atoms with Gasteiger partial charge >= 0.3 is 0 Å². The van der Waals surface area contributed by atoms with E-state index >= 15 is 0 Å². The molecule has 0 saturated heterocycles.